The molecule has 2 nitrogen and oxygen atoms in total. The molecule has 0 unspecified atom stereocenters. The Kier molecular flexibility index (Phi) is 2.76. The van der Waals surface area contributed by atoms with Crippen LogP contribution < -0.4 is 5.73 Å². The van der Waals surface area contributed by atoms with Crippen molar-refractivity contribution in [3.63, 3.8) is 0 Å². The summed E-state index contributed by atoms with van der Waals surface area (Å²) in [6.07, 6.45) is 0. The third-order valence-corrected chi connectivity index (χ3v) is 1.80. The predicted molar refractivity (Wildman–Crippen MR) is 46.0 cm³/mol. The maximum atomic E-state index is 12.6. The van der Waals surface area contributed by atoms with Crippen molar-refractivity contribution in [2.75, 3.05) is 0 Å². The molecule has 0 aliphatic rings. The van der Waals surface area contributed by atoms with Crippen LogP contribution in [0.4, 0.5) is 4.39 Å². The van der Waals surface area contributed by atoms with E-state index in [9.17, 15) is 4.39 Å². The fourth-order valence-electron chi connectivity index (χ4n) is 0.951. The second kappa shape index (κ2) is 3.63. The highest BCUT2D eigenvalue weighted by Crippen LogP contribution is 2.16. The van der Waals surface area contributed by atoms with E-state index in [-0.39, 0.29) is 12.0 Å². The molecule has 12 heavy (non-hydrogen) atoms. The van der Waals surface area contributed by atoms with E-state index in [4.69, 9.17) is 5.73 Å². The lowest BCUT2D eigenvalue weighted by atomic mass is 10.0. The molecule has 2 N–H and O–H groups in total. The zero-order chi connectivity index (χ0) is 9.14. The average molecular weight is 168 g/mol. The minimum Gasteiger partial charge on any atom is -0.322 e. The standard InChI is InChI=1S/C9H13FN2/c1-6(2)9(11)7-4-3-5-8(10)12-7/h3-6,9H,11H2,1-2H3/t9-/m1/s1. The molecule has 0 spiro atoms. The second-order valence-corrected chi connectivity index (χ2v) is 3.15. The highest BCUT2D eigenvalue weighted by atomic mass is 19.1. The van der Waals surface area contributed by atoms with Crippen molar-refractivity contribution in [3.8, 4) is 0 Å². The van der Waals surface area contributed by atoms with Crippen LogP contribution in [0.15, 0.2) is 18.2 Å². The Morgan fingerprint density at radius 2 is 2.08 bits per heavy atom. The molecule has 0 amide bonds. The number of hydrogen-bond donors (Lipinski definition) is 1. The Morgan fingerprint density at radius 3 is 2.58 bits per heavy atom. The van der Waals surface area contributed by atoms with Crippen LogP contribution >= 0.6 is 0 Å². The summed E-state index contributed by atoms with van der Waals surface area (Å²) in [6, 6.07) is 4.50. The Bertz CT molecular complexity index is 260. The first-order valence-electron chi connectivity index (χ1n) is 3.99. The Balaban J connectivity index is 2.88. The number of aromatic nitrogens is 1. The highest BCUT2D eigenvalue weighted by Gasteiger charge is 2.11. The lowest BCUT2D eigenvalue weighted by Gasteiger charge is -2.14. The molecule has 3 heteroatoms. The molecule has 0 fully saturated rings. The van der Waals surface area contributed by atoms with Gasteiger partial charge in [0.1, 0.15) is 0 Å². The van der Waals surface area contributed by atoms with Crippen LogP contribution in [0.2, 0.25) is 0 Å². The monoisotopic (exact) mass is 168 g/mol. The molecule has 1 atom stereocenters. The van der Waals surface area contributed by atoms with Gasteiger partial charge in [0.2, 0.25) is 5.95 Å². The van der Waals surface area contributed by atoms with Gasteiger partial charge in [0, 0.05) is 6.04 Å². The topological polar surface area (TPSA) is 38.9 Å². The van der Waals surface area contributed by atoms with E-state index in [0.29, 0.717) is 5.69 Å². The molecule has 0 saturated heterocycles. The molecule has 1 rings (SSSR count). The van der Waals surface area contributed by atoms with Gasteiger partial charge in [0.15, 0.2) is 0 Å². The average Bonchev–Trinajstić information content (AvgIpc) is 2.03. The Morgan fingerprint density at radius 1 is 1.42 bits per heavy atom. The molecule has 1 heterocycles. The first kappa shape index (κ1) is 9.13. The van der Waals surface area contributed by atoms with Crippen molar-refractivity contribution in [2.45, 2.75) is 19.9 Å². The summed E-state index contributed by atoms with van der Waals surface area (Å²) in [5.41, 5.74) is 6.39. The molecule has 0 aliphatic heterocycles. The van der Waals surface area contributed by atoms with Crippen molar-refractivity contribution in [1.29, 1.82) is 0 Å². The van der Waals surface area contributed by atoms with Crippen molar-refractivity contribution in [2.24, 2.45) is 11.7 Å². The van der Waals surface area contributed by atoms with Crippen LogP contribution in [0, 0.1) is 11.9 Å². The molecule has 0 aromatic carbocycles. The number of rotatable bonds is 2. The normalized spacial score (nSPS) is 13.4. The molecule has 0 radical (unpaired) electrons. The van der Waals surface area contributed by atoms with Crippen molar-refractivity contribution < 1.29 is 4.39 Å². The van der Waals surface area contributed by atoms with Crippen LogP contribution in [0.1, 0.15) is 25.6 Å². The van der Waals surface area contributed by atoms with Gasteiger partial charge in [0.05, 0.1) is 5.69 Å². The van der Waals surface area contributed by atoms with Gasteiger partial charge in [-0.25, -0.2) is 4.98 Å². The third-order valence-electron chi connectivity index (χ3n) is 1.80. The fourth-order valence-corrected chi connectivity index (χ4v) is 0.951. The number of halogens is 1. The molecule has 66 valence electrons. The van der Waals surface area contributed by atoms with Crippen LogP contribution in [0.3, 0.4) is 0 Å². The first-order valence-corrected chi connectivity index (χ1v) is 3.99. The molecule has 0 saturated carbocycles. The SMILES string of the molecule is CC(C)[C@@H](N)c1cccc(F)n1. The minimum absolute atomic E-state index is 0.180. The van der Waals surface area contributed by atoms with E-state index in [1.807, 2.05) is 13.8 Å². The van der Waals surface area contributed by atoms with Crippen molar-refractivity contribution in [3.05, 3.63) is 29.8 Å². The molecule has 1 aromatic rings. The van der Waals surface area contributed by atoms with Crippen LogP contribution in [-0.4, -0.2) is 4.98 Å². The third kappa shape index (κ3) is 2.01. The lowest BCUT2D eigenvalue weighted by molar-refractivity contribution is 0.487. The van der Waals surface area contributed by atoms with Gasteiger partial charge in [0.25, 0.3) is 0 Å². The van der Waals surface area contributed by atoms with E-state index < -0.39 is 5.95 Å². The van der Waals surface area contributed by atoms with Gasteiger partial charge in [-0.3, -0.25) is 0 Å². The van der Waals surface area contributed by atoms with E-state index in [2.05, 4.69) is 4.98 Å². The fraction of sp³-hybridized carbons (Fsp3) is 0.444. The number of hydrogen-bond acceptors (Lipinski definition) is 2. The largest absolute Gasteiger partial charge is 0.322 e. The van der Waals surface area contributed by atoms with Crippen LogP contribution in [0.5, 0.6) is 0 Å². The predicted octanol–water partition coefficient (Wildman–Crippen LogP) is 1.88. The minimum atomic E-state index is -0.469. The van der Waals surface area contributed by atoms with E-state index in [1.165, 1.54) is 6.07 Å². The molecule has 1 aromatic heterocycles. The van der Waals surface area contributed by atoms with Gasteiger partial charge in [-0.2, -0.15) is 4.39 Å². The second-order valence-electron chi connectivity index (χ2n) is 3.15. The number of nitrogens with two attached hydrogens (primary N) is 1. The van der Waals surface area contributed by atoms with Gasteiger partial charge in [-0.15, -0.1) is 0 Å². The van der Waals surface area contributed by atoms with E-state index >= 15 is 0 Å². The lowest BCUT2D eigenvalue weighted by Crippen LogP contribution is -2.18. The molecular weight excluding hydrogens is 155 g/mol. The molecule has 0 bridgehead atoms. The summed E-state index contributed by atoms with van der Waals surface area (Å²) in [6.45, 7) is 3.97. The maximum Gasteiger partial charge on any atom is 0.213 e. The van der Waals surface area contributed by atoms with Gasteiger partial charge < -0.3 is 5.73 Å². The summed E-state index contributed by atoms with van der Waals surface area (Å²) in [5.74, 6) is -0.192. The van der Waals surface area contributed by atoms with E-state index in [0.717, 1.165) is 0 Å². The molecular formula is C9H13FN2. The highest BCUT2D eigenvalue weighted by molar-refractivity contribution is 5.09. The van der Waals surface area contributed by atoms with Gasteiger partial charge >= 0.3 is 0 Å². The number of pyridine rings is 1. The zero-order valence-corrected chi connectivity index (χ0v) is 7.29. The summed E-state index contributed by atoms with van der Waals surface area (Å²) in [7, 11) is 0. The first-order chi connectivity index (χ1) is 5.61. The summed E-state index contributed by atoms with van der Waals surface area (Å²) >= 11 is 0. The summed E-state index contributed by atoms with van der Waals surface area (Å²) in [5, 5.41) is 0. The van der Waals surface area contributed by atoms with Gasteiger partial charge in [-0.05, 0) is 18.1 Å². The van der Waals surface area contributed by atoms with Crippen molar-refractivity contribution >= 4 is 0 Å². The Hall–Kier alpha value is -0.960. The number of nitrogens with zero attached hydrogens (tertiary/aromatic N) is 1. The summed E-state index contributed by atoms with van der Waals surface area (Å²) in [4.78, 5) is 3.70. The van der Waals surface area contributed by atoms with E-state index in [1.54, 1.807) is 12.1 Å². The van der Waals surface area contributed by atoms with Gasteiger partial charge in [-0.1, -0.05) is 19.9 Å². The van der Waals surface area contributed by atoms with Crippen molar-refractivity contribution in [1.82, 2.24) is 4.98 Å². The molecule has 0 aliphatic carbocycles. The maximum absolute atomic E-state index is 12.6. The summed E-state index contributed by atoms with van der Waals surface area (Å²) < 4.78 is 12.6. The van der Waals surface area contributed by atoms with Crippen LogP contribution in [-0.2, 0) is 0 Å². The Labute approximate surface area is 71.6 Å². The quantitative estimate of drug-likeness (QED) is 0.685. The smallest absolute Gasteiger partial charge is 0.213 e. The zero-order valence-electron chi connectivity index (χ0n) is 7.29. The van der Waals surface area contributed by atoms with Crippen LogP contribution in [0.25, 0.3) is 0 Å².